The van der Waals surface area contributed by atoms with E-state index in [0.717, 1.165) is 0 Å². The zero-order valence-corrected chi connectivity index (χ0v) is 7.21. The average molecular weight is 188 g/mol. The van der Waals surface area contributed by atoms with Gasteiger partial charge in [-0.3, -0.25) is 4.79 Å². The zero-order chi connectivity index (χ0) is 7.49. The van der Waals surface area contributed by atoms with Gasteiger partial charge in [-0.15, -0.1) is 24.0 Å². The second-order valence-corrected chi connectivity index (χ2v) is 2.63. The Balaban J connectivity index is 0. The Kier molecular flexibility index (Phi) is 6.04. The summed E-state index contributed by atoms with van der Waals surface area (Å²) in [4.78, 5) is 10.0. The standard InChI is InChI=1S/C5H10ClNO2.ClH/c1-5(7,3-6)2-4(8)9;/h2-3,7H2,1H3,(H,8,9);1H. The third-order valence-corrected chi connectivity index (χ3v) is 1.47. The average Bonchev–Trinajstić information content (AvgIpc) is 1.63. The minimum Gasteiger partial charge on any atom is -0.481 e. The van der Waals surface area contributed by atoms with Gasteiger partial charge in [-0.25, -0.2) is 0 Å². The minimum absolute atomic E-state index is 0. The highest BCUT2D eigenvalue weighted by Gasteiger charge is 2.20. The molecular formula is C5H11Cl2NO2. The summed E-state index contributed by atoms with van der Waals surface area (Å²) < 4.78 is 0. The summed E-state index contributed by atoms with van der Waals surface area (Å²) in [7, 11) is 0. The number of alkyl halides is 1. The number of hydrogen-bond donors (Lipinski definition) is 2. The second kappa shape index (κ2) is 4.77. The van der Waals surface area contributed by atoms with Crippen molar-refractivity contribution in [2.75, 3.05) is 5.88 Å². The van der Waals surface area contributed by atoms with Crippen molar-refractivity contribution in [1.29, 1.82) is 0 Å². The molecule has 0 aromatic carbocycles. The third-order valence-electron chi connectivity index (χ3n) is 0.860. The lowest BCUT2D eigenvalue weighted by Gasteiger charge is -2.17. The van der Waals surface area contributed by atoms with Crippen molar-refractivity contribution >= 4 is 30.0 Å². The minimum atomic E-state index is -0.916. The van der Waals surface area contributed by atoms with Gasteiger partial charge < -0.3 is 10.8 Å². The lowest BCUT2D eigenvalue weighted by molar-refractivity contribution is -0.138. The predicted molar refractivity (Wildman–Crippen MR) is 42.8 cm³/mol. The maximum atomic E-state index is 10.0. The first kappa shape index (κ1) is 12.7. The molecule has 0 rings (SSSR count). The van der Waals surface area contributed by atoms with Gasteiger partial charge in [0.25, 0.3) is 0 Å². The van der Waals surface area contributed by atoms with Crippen LogP contribution in [0.4, 0.5) is 0 Å². The molecule has 0 aliphatic rings. The highest BCUT2D eigenvalue weighted by molar-refractivity contribution is 6.18. The van der Waals surface area contributed by atoms with Crippen LogP contribution in [-0.4, -0.2) is 22.5 Å². The smallest absolute Gasteiger partial charge is 0.305 e. The van der Waals surface area contributed by atoms with Crippen LogP contribution in [-0.2, 0) is 4.79 Å². The molecule has 0 saturated carbocycles. The van der Waals surface area contributed by atoms with Crippen LogP contribution in [0.1, 0.15) is 13.3 Å². The molecule has 0 amide bonds. The van der Waals surface area contributed by atoms with Crippen molar-refractivity contribution in [3.63, 3.8) is 0 Å². The van der Waals surface area contributed by atoms with Crippen LogP contribution in [0.5, 0.6) is 0 Å². The van der Waals surface area contributed by atoms with Crippen LogP contribution in [0.2, 0.25) is 0 Å². The zero-order valence-electron chi connectivity index (χ0n) is 5.63. The quantitative estimate of drug-likeness (QED) is 0.645. The summed E-state index contributed by atoms with van der Waals surface area (Å²) in [5.74, 6) is -0.750. The van der Waals surface area contributed by atoms with Gasteiger partial charge in [0, 0.05) is 11.4 Å². The maximum Gasteiger partial charge on any atom is 0.305 e. The summed E-state index contributed by atoms with van der Waals surface area (Å²) in [5, 5.41) is 8.24. The van der Waals surface area contributed by atoms with Gasteiger partial charge >= 0.3 is 5.97 Å². The molecule has 5 heteroatoms. The Morgan fingerprint density at radius 1 is 1.80 bits per heavy atom. The van der Waals surface area contributed by atoms with Crippen molar-refractivity contribution in [1.82, 2.24) is 0 Å². The molecule has 0 bridgehead atoms. The number of halogens is 2. The third kappa shape index (κ3) is 6.13. The summed E-state index contributed by atoms with van der Waals surface area (Å²) in [5.41, 5.74) is 4.63. The van der Waals surface area contributed by atoms with E-state index in [2.05, 4.69) is 0 Å². The van der Waals surface area contributed by atoms with Crippen LogP contribution < -0.4 is 5.73 Å². The Morgan fingerprint density at radius 2 is 2.20 bits per heavy atom. The summed E-state index contributed by atoms with van der Waals surface area (Å²) in [6.45, 7) is 1.61. The van der Waals surface area contributed by atoms with Gasteiger partial charge in [0.2, 0.25) is 0 Å². The fraction of sp³-hybridized carbons (Fsp3) is 0.800. The van der Waals surface area contributed by atoms with Gasteiger partial charge in [0.1, 0.15) is 0 Å². The molecule has 0 heterocycles. The van der Waals surface area contributed by atoms with Gasteiger partial charge in [0.15, 0.2) is 0 Å². The first-order valence-corrected chi connectivity index (χ1v) is 3.08. The summed E-state index contributed by atoms with van der Waals surface area (Å²) in [6.07, 6.45) is -0.0868. The first-order chi connectivity index (χ1) is 3.98. The molecule has 1 unspecified atom stereocenters. The van der Waals surface area contributed by atoms with E-state index in [1.54, 1.807) is 6.92 Å². The molecule has 0 aliphatic carbocycles. The lowest BCUT2D eigenvalue weighted by atomic mass is 10.0. The van der Waals surface area contributed by atoms with E-state index in [1.807, 2.05) is 0 Å². The fourth-order valence-electron chi connectivity index (χ4n) is 0.393. The maximum absolute atomic E-state index is 10.0. The molecule has 0 saturated heterocycles. The van der Waals surface area contributed by atoms with Gasteiger partial charge in [-0.1, -0.05) is 0 Å². The van der Waals surface area contributed by atoms with E-state index in [4.69, 9.17) is 22.4 Å². The van der Waals surface area contributed by atoms with E-state index in [-0.39, 0.29) is 24.7 Å². The van der Waals surface area contributed by atoms with E-state index < -0.39 is 11.5 Å². The van der Waals surface area contributed by atoms with Crippen molar-refractivity contribution in [3.8, 4) is 0 Å². The number of hydrogen-bond acceptors (Lipinski definition) is 2. The molecule has 0 radical (unpaired) electrons. The van der Waals surface area contributed by atoms with Crippen LogP contribution >= 0.6 is 24.0 Å². The molecule has 0 aromatic rings. The monoisotopic (exact) mass is 187 g/mol. The lowest BCUT2D eigenvalue weighted by Crippen LogP contribution is -2.40. The van der Waals surface area contributed by atoms with E-state index in [9.17, 15) is 4.79 Å². The molecule has 3 nitrogen and oxygen atoms in total. The van der Waals surface area contributed by atoms with E-state index in [0.29, 0.717) is 0 Å². The Labute approximate surface area is 71.0 Å². The SMILES string of the molecule is CC(N)(CCl)CC(=O)O.Cl. The first-order valence-electron chi connectivity index (χ1n) is 2.54. The second-order valence-electron chi connectivity index (χ2n) is 2.36. The number of nitrogens with two attached hydrogens (primary N) is 1. The highest BCUT2D eigenvalue weighted by Crippen LogP contribution is 2.06. The van der Waals surface area contributed by atoms with Gasteiger partial charge in [0.05, 0.1) is 6.42 Å². The molecule has 62 valence electrons. The summed E-state index contributed by atoms with van der Waals surface area (Å²) >= 11 is 5.35. The Morgan fingerprint density at radius 3 is 2.30 bits per heavy atom. The fourth-order valence-corrected chi connectivity index (χ4v) is 0.487. The molecule has 1 atom stereocenters. The molecule has 0 aromatic heterocycles. The van der Waals surface area contributed by atoms with Crippen LogP contribution in [0, 0.1) is 0 Å². The molecule has 0 fully saturated rings. The Hall–Kier alpha value is 0.01000. The van der Waals surface area contributed by atoms with Crippen molar-refractivity contribution in [2.45, 2.75) is 18.9 Å². The number of aliphatic carboxylic acids is 1. The molecule has 0 aliphatic heterocycles. The molecule has 3 N–H and O–H groups in total. The van der Waals surface area contributed by atoms with Crippen LogP contribution in [0.3, 0.4) is 0 Å². The number of rotatable bonds is 3. The topological polar surface area (TPSA) is 63.3 Å². The van der Waals surface area contributed by atoms with Gasteiger partial charge in [-0.05, 0) is 6.92 Å². The van der Waals surface area contributed by atoms with E-state index in [1.165, 1.54) is 0 Å². The number of carboxylic acids is 1. The largest absolute Gasteiger partial charge is 0.481 e. The highest BCUT2D eigenvalue weighted by atomic mass is 35.5. The van der Waals surface area contributed by atoms with Crippen LogP contribution in [0.25, 0.3) is 0 Å². The number of carboxylic acid groups (broad SMARTS) is 1. The van der Waals surface area contributed by atoms with Crippen molar-refractivity contribution in [2.24, 2.45) is 5.73 Å². The van der Waals surface area contributed by atoms with Crippen molar-refractivity contribution < 1.29 is 9.90 Å². The normalized spacial score (nSPS) is 15.1. The predicted octanol–water partition coefficient (Wildman–Crippen LogP) is 0.839. The number of carbonyl (C=O) groups is 1. The molecular weight excluding hydrogens is 177 g/mol. The van der Waals surface area contributed by atoms with Crippen molar-refractivity contribution in [3.05, 3.63) is 0 Å². The Bertz CT molecular complexity index is 116. The van der Waals surface area contributed by atoms with Crippen LogP contribution in [0.15, 0.2) is 0 Å². The van der Waals surface area contributed by atoms with Gasteiger partial charge in [-0.2, -0.15) is 0 Å². The summed E-state index contributed by atoms with van der Waals surface area (Å²) in [6, 6.07) is 0. The molecule has 0 spiro atoms. The van der Waals surface area contributed by atoms with E-state index >= 15 is 0 Å². The molecule has 10 heavy (non-hydrogen) atoms.